The minimum Gasteiger partial charge on any atom is -0.493 e. The van der Waals surface area contributed by atoms with Crippen molar-refractivity contribution in [1.82, 2.24) is 5.32 Å². The van der Waals surface area contributed by atoms with Gasteiger partial charge in [0.05, 0.1) is 19.8 Å². The molecule has 0 fully saturated rings. The normalized spacial score (nSPS) is 10.8. The number of ether oxygens (including phenoxy) is 2. The van der Waals surface area contributed by atoms with Crippen molar-refractivity contribution < 1.29 is 29.0 Å². The Labute approximate surface area is 190 Å². The molecule has 0 radical (unpaired) electrons. The molecule has 33 heavy (non-hydrogen) atoms. The van der Waals surface area contributed by atoms with Gasteiger partial charge >= 0.3 is 5.97 Å². The van der Waals surface area contributed by atoms with E-state index in [0.29, 0.717) is 28.3 Å². The fourth-order valence-electron chi connectivity index (χ4n) is 2.95. The number of anilines is 1. The summed E-state index contributed by atoms with van der Waals surface area (Å²) in [5.41, 5.74) is 1.42. The van der Waals surface area contributed by atoms with Crippen molar-refractivity contribution in [2.24, 2.45) is 0 Å². The van der Waals surface area contributed by atoms with Gasteiger partial charge < -0.3 is 25.2 Å². The van der Waals surface area contributed by atoms with Gasteiger partial charge in [-0.15, -0.1) is 0 Å². The van der Waals surface area contributed by atoms with Crippen LogP contribution in [0.15, 0.2) is 78.5 Å². The summed E-state index contributed by atoms with van der Waals surface area (Å²) >= 11 is 0. The molecule has 8 heteroatoms. The molecule has 0 saturated carbocycles. The largest absolute Gasteiger partial charge is 0.493 e. The number of methoxy groups -OCH3 is 2. The Bertz CT molecular complexity index is 1190. The van der Waals surface area contributed by atoms with Gasteiger partial charge in [-0.3, -0.25) is 9.59 Å². The summed E-state index contributed by atoms with van der Waals surface area (Å²) in [4.78, 5) is 36.8. The van der Waals surface area contributed by atoms with Crippen molar-refractivity contribution in [1.29, 1.82) is 0 Å². The number of carboxylic acids is 1. The van der Waals surface area contributed by atoms with Crippen LogP contribution in [0.25, 0.3) is 6.08 Å². The Hall–Kier alpha value is -4.59. The maximum atomic E-state index is 13.0. The summed E-state index contributed by atoms with van der Waals surface area (Å²) in [6, 6.07) is 19.2. The summed E-state index contributed by atoms with van der Waals surface area (Å²) in [7, 11) is 3.01. The van der Waals surface area contributed by atoms with Gasteiger partial charge in [0.15, 0.2) is 11.5 Å². The van der Waals surface area contributed by atoms with Gasteiger partial charge in [0.2, 0.25) is 0 Å². The fraction of sp³-hybridized carbons (Fsp3) is 0.0800. The highest BCUT2D eigenvalue weighted by atomic mass is 16.5. The number of benzene rings is 3. The van der Waals surface area contributed by atoms with Crippen LogP contribution in [0.3, 0.4) is 0 Å². The highest BCUT2D eigenvalue weighted by Crippen LogP contribution is 2.28. The molecule has 168 valence electrons. The lowest BCUT2D eigenvalue weighted by Gasteiger charge is -2.12. The molecule has 3 N–H and O–H groups in total. The van der Waals surface area contributed by atoms with Crippen LogP contribution in [0.1, 0.15) is 26.3 Å². The lowest BCUT2D eigenvalue weighted by atomic mass is 10.1. The van der Waals surface area contributed by atoms with Crippen molar-refractivity contribution in [2.75, 3.05) is 19.5 Å². The smallest absolute Gasteiger partial charge is 0.335 e. The monoisotopic (exact) mass is 446 g/mol. The van der Waals surface area contributed by atoms with Crippen molar-refractivity contribution >= 4 is 29.5 Å². The highest BCUT2D eigenvalue weighted by molar-refractivity contribution is 6.10. The summed E-state index contributed by atoms with van der Waals surface area (Å²) in [5.74, 6) is -1.13. The van der Waals surface area contributed by atoms with Crippen molar-refractivity contribution in [2.45, 2.75) is 0 Å². The molecule has 0 aromatic heterocycles. The van der Waals surface area contributed by atoms with E-state index in [1.165, 1.54) is 44.6 Å². The van der Waals surface area contributed by atoms with Gasteiger partial charge in [-0.05, 0) is 60.2 Å². The van der Waals surface area contributed by atoms with Crippen LogP contribution in [-0.4, -0.2) is 37.1 Å². The Morgan fingerprint density at radius 2 is 1.48 bits per heavy atom. The van der Waals surface area contributed by atoms with E-state index in [1.807, 2.05) is 0 Å². The zero-order chi connectivity index (χ0) is 23.8. The number of hydrogen-bond acceptors (Lipinski definition) is 5. The van der Waals surface area contributed by atoms with Gasteiger partial charge in [0.1, 0.15) is 5.70 Å². The number of carbonyl (C=O) groups is 3. The molecule has 0 aliphatic rings. The first-order chi connectivity index (χ1) is 15.9. The molecule has 0 heterocycles. The first-order valence-electron chi connectivity index (χ1n) is 9.86. The second kappa shape index (κ2) is 10.6. The number of rotatable bonds is 8. The molecule has 0 aliphatic heterocycles. The molecule has 0 aliphatic carbocycles. The molecule has 3 aromatic carbocycles. The van der Waals surface area contributed by atoms with Crippen LogP contribution < -0.4 is 20.1 Å². The molecule has 0 saturated heterocycles. The average Bonchev–Trinajstić information content (AvgIpc) is 2.84. The molecule has 0 bridgehead atoms. The Kier molecular flexibility index (Phi) is 7.43. The third-order valence-corrected chi connectivity index (χ3v) is 4.64. The lowest BCUT2D eigenvalue weighted by molar-refractivity contribution is -0.113. The Morgan fingerprint density at radius 3 is 2.09 bits per heavy atom. The zero-order valence-electron chi connectivity index (χ0n) is 18.0. The van der Waals surface area contributed by atoms with E-state index in [2.05, 4.69) is 10.6 Å². The molecule has 0 atom stereocenters. The predicted molar refractivity (Wildman–Crippen MR) is 123 cm³/mol. The molecule has 0 unspecified atom stereocenters. The third-order valence-electron chi connectivity index (χ3n) is 4.64. The highest BCUT2D eigenvalue weighted by Gasteiger charge is 2.16. The van der Waals surface area contributed by atoms with Crippen LogP contribution >= 0.6 is 0 Å². The van der Waals surface area contributed by atoms with Crippen molar-refractivity contribution in [3.63, 3.8) is 0 Å². The molecule has 0 spiro atoms. The van der Waals surface area contributed by atoms with E-state index in [9.17, 15) is 14.4 Å². The molecule has 8 nitrogen and oxygen atoms in total. The first kappa shape index (κ1) is 23.1. The second-order valence-corrected chi connectivity index (χ2v) is 6.83. The molecule has 2 amide bonds. The van der Waals surface area contributed by atoms with Crippen molar-refractivity contribution in [3.8, 4) is 11.5 Å². The average molecular weight is 446 g/mol. The van der Waals surface area contributed by atoms with Crippen LogP contribution in [0, 0.1) is 0 Å². The number of nitrogens with one attached hydrogen (secondary N) is 2. The van der Waals surface area contributed by atoms with Crippen LogP contribution in [-0.2, 0) is 4.79 Å². The molecule has 3 rings (SSSR count). The number of carbonyl (C=O) groups excluding carboxylic acids is 2. The van der Waals surface area contributed by atoms with Gasteiger partial charge in [0.25, 0.3) is 11.8 Å². The third kappa shape index (κ3) is 5.98. The molecular formula is C25H22N2O6. The van der Waals surface area contributed by atoms with E-state index in [4.69, 9.17) is 14.6 Å². The number of carboxylic acid groups (broad SMARTS) is 1. The van der Waals surface area contributed by atoms with Gasteiger partial charge in [-0.25, -0.2) is 4.79 Å². The lowest BCUT2D eigenvalue weighted by Crippen LogP contribution is -2.30. The molecule has 3 aromatic rings. The number of amides is 2. The maximum Gasteiger partial charge on any atom is 0.335 e. The quantitative estimate of drug-likeness (QED) is 0.454. The summed E-state index contributed by atoms with van der Waals surface area (Å²) < 4.78 is 10.5. The van der Waals surface area contributed by atoms with E-state index in [1.54, 1.807) is 48.5 Å². The zero-order valence-corrected chi connectivity index (χ0v) is 18.0. The van der Waals surface area contributed by atoms with E-state index >= 15 is 0 Å². The minimum absolute atomic E-state index is 0.0154. The van der Waals surface area contributed by atoms with E-state index in [-0.39, 0.29) is 11.3 Å². The van der Waals surface area contributed by atoms with E-state index < -0.39 is 17.8 Å². The Balaban J connectivity index is 1.92. The van der Waals surface area contributed by atoms with Crippen LogP contribution in [0.2, 0.25) is 0 Å². The second-order valence-electron chi connectivity index (χ2n) is 6.83. The SMILES string of the molecule is COc1ccc(/C=C(/NC(=O)c2ccccc2)C(=O)Nc2ccc(C(=O)O)cc2)cc1OC. The maximum absolute atomic E-state index is 13.0. The van der Waals surface area contributed by atoms with Gasteiger partial charge in [-0.2, -0.15) is 0 Å². The Morgan fingerprint density at radius 1 is 0.818 bits per heavy atom. The predicted octanol–water partition coefficient (Wildman–Crippen LogP) is 3.81. The number of hydrogen-bond donors (Lipinski definition) is 3. The van der Waals surface area contributed by atoms with Crippen LogP contribution in [0.5, 0.6) is 11.5 Å². The van der Waals surface area contributed by atoms with Gasteiger partial charge in [-0.1, -0.05) is 24.3 Å². The fourth-order valence-corrected chi connectivity index (χ4v) is 2.95. The standard InChI is InChI=1S/C25H22N2O6/c1-32-21-13-8-16(15-22(21)33-2)14-20(27-23(28)17-6-4-3-5-7-17)24(29)26-19-11-9-18(10-12-19)25(30)31/h3-15H,1-2H3,(H,26,29)(H,27,28)(H,30,31)/b20-14+. The first-order valence-corrected chi connectivity index (χ1v) is 9.86. The minimum atomic E-state index is -1.07. The molecular weight excluding hydrogens is 424 g/mol. The van der Waals surface area contributed by atoms with E-state index in [0.717, 1.165) is 0 Å². The van der Waals surface area contributed by atoms with Gasteiger partial charge in [0, 0.05) is 11.3 Å². The van der Waals surface area contributed by atoms with Crippen molar-refractivity contribution in [3.05, 3.63) is 95.2 Å². The number of aromatic carboxylic acids is 1. The summed E-state index contributed by atoms with van der Waals surface area (Å²) in [5, 5.41) is 14.3. The van der Waals surface area contributed by atoms with Crippen LogP contribution in [0.4, 0.5) is 5.69 Å². The summed E-state index contributed by atoms with van der Waals surface area (Å²) in [6.45, 7) is 0. The topological polar surface area (TPSA) is 114 Å². The summed E-state index contributed by atoms with van der Waals surface area (Å²) in [6.07, 6.45) is 1.50.